The summed E-state index contributed by atoms with van der Waals surface area (Å²) in [4.78, 5) is 13.1. The average Bonchev–Trinajstić information content (AvgIpc) is 2.64. The van der Waals surface area contributed by atoms with E-state index in [-0.39, 0.29) is 11.5 Å². The molecule has 1 aliphatic rings. The number of anilines is 2. The largest absolute Gasteiger partial charge is 0.511 e. The summed E-state index contributed by atoms with van der Waals surface area (Å²) in [5.41, 5.74) is 4.49. The van der Waals surface area contributed by atoms with Gasteiger partial charge < -0.3 is 25.4 Å². The van der Waals surface area contributed by atoms with Crippen molar-refractivity contribution in [2.45, 2.75) is 26.3 Å². The monoisotopic (exact) mass is 383 g/mol. The van der Waals surface area contributed by atoms with Crippen molar-refractivity contribution in [1.82, 2.24) is 5.32 Å². The Morgan fingerprint density at radius 1 is 1.32 bits per heavy atom. The Morgan fingerprint density at radius 3 is 2.82 bits per heavy atom. The first-order valence-electron chi connectivity index (χ1n) is 9.56. The molecule has 1 unspecified atom stereocenters. The first-order valence-corrected chi connectivity index (χ1v) is 9.56. The van der Waals surface area contributed by atoms with Crippen LogP contribution in [0.1, 0.15) is 31.0 Å². The standard InChI is InChI=1S/C22H29N3O3/c1-22(2)14-16-13-18(28-21(26)27)8-9-19(16)24-20(22)15-6-5-7-17(12-15)25(4)11-10-23-3/h5-9,12-13,20,23-24H,10-11,14H2,1-4H3,(H,26,27). The van der Waals surface area contributed by atoms with E-state index in [1.165, 1.54) is 11.3 Å². The van der Waals surface area contributed by atoms with Crippen LogP contribution in [0.25, 0.3) is 0 Å². The van der Waals surface area contributed by atoms with Crippen LogP contribution in [-0.2, 0) is 6.42 Å². The molecule has 0 aliphatic carbocycles. The summed E-state index contributed by atoms with van der Waals surface area (Å²) in [6.07, 6.45) is -0.462. The number of benzene rings is 2. The minimum Gasteiger partial charge on any atom is -0.449 e. The number of carboxylic acid groups (broad SMARTS) is 1. The highest BCUT2D eigenvalue weighted by atomic mass is 16.7. The summed E-state index contributed by atoms with van der Waals surface area (Å²) >= 11 is 0. The minimum atomic E-state index is -1.29. The quantitative estimate of drug-likeness (QED) is 0.514. The van der Waals surface area contributed by atoms with Gasteiger partial charge in [-0.15, -0.1) is 0 Å². The van der Waals surface area contributed by atoms with E-state index in [9.17, 15) is 4.79 Å². The molecule has 1 atom stereocenters. The Kier molecular flexibility index (Phi) is 5.79. The van der Waals surface area contributed by atoms with Crippen molar-refractivity contribution in [3.63, 3.8) is 0 Å². The van der Waals surface area contributed by atoms with Crippen molar-refractivity contribution in [3.05, 3.63) is 53.6 Å². The molecule has 0 bridgehead atoms. The van der Waals surface area contributed by atoms with Crippen molar-refractivity contribution in [3.8, 4) is 5.75 Å². The first-order chi connectivity index (χ1) is 13.3. The van der Waals surface area contributed by atoms with E-state index in [1.54, 1.807) is 6.07 Å². The van der Waals surface area contributed by atoms with Gasteiger partial charge in [0.15, 0.2) is 0 Å². The molecule has 0 spiro atoms. The predicted octanol–water partition coefficient (Wildman–Crippen LogP) is 4.13. The molecule has 0 saturated heterocycles. The number of nitrogens with zero attached hydrogens (tertiary/aromatic N) is 1. The normalized spacial score (nSPS) is 17.4. The van der Waals surface area contributed by atoms with Gasteiger partial charge in [-0.25, -0.2) is 4.79 Å². The van der Waals surface area contributed by atoms with Gasteiger partial charge in [0.2, 0.25) is 0 Å². The number of ether oxygens (including phenoxy) is 1. The maximum absolute atomic E-state index is 10.8. The van der Waals surface area contributed by atoms with Gasteiger partial charge in [-0.3, -0.25) is 0 Å². The molecule has 6 heteroatoms. The molecule has 2 aromatic carbocycles. The first kappa shape index (κ1) is 20.0. The van der Waals surface area contributed by atoms with Crippen LogP contribution in [0.15, 0.2) is 42.5 Å². The topological polar surface area (TPSA) is 73.8 Å². The fourth-order valence-corrected chi connectivity index (χ4v) is 3.85. The molecule has 0 aromatic heterocycles. The van der Waals surface area contributed by atoms with Crippen molar-refractivity contribution >= 4 is 17.5 Å². The smallest absolute Gasteiger partial charge is 0.449 e. The number of carbonyl (C=O) groups is 1. The van der Waals surface area contributed by atoms with E-state index in [0.29, 0.717) is 5.75 Å². The Bertz CT molecular complexity index is 851. The molecule has 1 heterocycles. The Morgan fingerprint density at radius 2 is 2.11 bits per heavy atom. The molecule has 3 N–H and O–H groups in total. The number of fused-ring (bicyclic) bond motifs is 1. The number of nitrogens with one attached hydrogen (secondary N) is 2. The van der Waals surface area contributed by atoms with Crippen molar-refractivity contribution in [2.75, 3.05) is 37.4 Å². The minimum absolute atomic E-state index is 0.0446. The third-order valence-electron chi connectivity index (χ3n) is 5.35. The lowest BCUT2D eigenvalue weighted by Gasteiger charge is -2.41. The summed E-state index contributed by atoms with van der Waals surface area (Å²) in [6, 6.07) is 14.2. The number of likely N-dealkylation sites (N-methyl/N-ethyl adjacent to an activating group) is 2. The van der Waals surface area contributed by atoms with E-state index >= 15 is 0 Å². The maximum Gasteiger partial charge on any atom is 0.511 e. The molecule has 2 aromatic rings. The van der Waals surface area contributed by atoms with Gasteiger partial charge in [0, 0.05) is 31.5 Å². The second-order valence-electron chi connectivity index (χ2n) is 8.05. The fraction of sp³-hybridized carbons (Fsp3) is 0.409. The van der Waals surface area contributed by atoms with Crippen LogP contribution >= 0.6 is 0 Å². The zero-order chi connectivity index (χ0) is 20.3. The third-order valence-corrected chi connectivity index (χ3v) is 5.35. The molecule has 3 rings (SSSR count). The molecule has 28 heavy (non-hydrogen) atoms. The van der Waals surface area contributed by atoms with Crippen LogP contribution in [0.2, 0.25) is 0 Å². The molecule has 150 valence electrons. The average molecular weight is 383 g/mol. The van der Waals surface area contributed by atoms with Gasteiger partial charge in [-0.05, 0) is 60.3 Å². The van der Waals surface area contributed by atoms with E-state index in [0.717, 1.165) is 30.8 Å². The lowest BCUT2D eigenvalue weighted by molar-refractivity contribution is 0.144. The summed E-state index contributed by atoms with van der Waals surface area (Å²) < 4.78 is 4.81. The van der Waals surface area contributed by atoms with Gasteiger partial charge >= 0.3 is 6.16 Å². The SMILES string of the molecule is CNCCN(C)c1cccc(C2Nc3ccc(OC(=O)O)cc3CC2(C)C)c1. The highest BCUT2D eigenvalue weighted by Gasteiger charge is 2.36. The molecule has 6 nitrogen and oxygen atoms in total. The van der Waals surface area contributed by atoms with Crippen LogP contribution in [0.4, 0.5) is 16.2 Å². The molecule has 0 amide bonds. The lowest BCUT2D eigenvalue weighted by Crippen LogP contribution is -2.35. The zero-order valence-corrected chi connectivity index (χ0v) is 17.0. The van der Waals surface area contributed by atoms with Gasteiger partial charge in [0.25, 0.3) is 0 Å². The highest BCUT2D eigenvalue weighted by molar-refractivity contribution is 5.64. The fourth-order valence-electron chi connectivity index (χ4n) is 3.85. The number of hydrogen-bond donors (Lipinski definition) is 3. The summed E-state index contributed by atoms with van der Waals surface area (Å²) in [7, 11) is 4.07. The Labute approximate surface area is 166 Å². The van der Waals surface area contributed by atoms with Crippen LogP contribution in [-0.4, -0.2) is 38.4 Å². The summed E-state index contributed by atoms with van der Waals surface area (Å²) in [5, 5.41) is 15.7. The molecular weight excluding hydrogens is 354 g/mol. The highest BCUT2D eigenvalue weighted by Crippen LogP contribution is 2.46. The van der Waals surface area contributed by atoms with Crippen molar-refractivity contribution in [2.24, 2.45) is 5.41 Å². The molecular formula is C22H29N3O3. The molecule has 0 fully saturated rings. The predicted molar refractivity (Wildman–Crippen MR) is 113 cm³/mol. The van der Waals surface area contributed by atoms with Gasteiger partial charge in [-0.2, -0.15) is 0 Å². The van der Waals surface area contributed by atoms with Crippen LogP contribution in [0, 0.1) is 5.41 Å². The Balaban J connectivity index is 1.86. The van der Waals surface area contributed by atoms with Gasteiger partial charge in [-0.1, -0.05) is 26.0 Å². The van der Waals surface area contributed by atoms with Crippen LogP contribution in [0.3, 0.4) is 0 Å². The number of rotatable bonds is 6. The lowest BCUT2D eigenvalue weighted by atomic mass is 9.73. The van der Waals surface area contributed by atoms with Crippen LogP contribution in [0.5, 0.6) is 5.75 Å². The summed E-state index contributed by atoms with van der Waals surface area (Å²) in [5.74, 6) is 0.357. The van der Waals surface area contributed by atoms with E-state index < -0.39 is 6.16 Å². The molecule has 0 saturated carbocycles. The second kappa shape index (κ2) is 8.10. The van der Waals surface area contributed by atoms with Gasteiger partial charge in [0.1, 0.15) is 5.75 Å². The molecule has 1 aliphatic heterocycles. The molecule has 0 radical (unpaired) electrons. The second-order valence-corrected chi connectivity index (χ2v) is 8.05. The van der Waals surface area contributed by atoms with E-state index in [1.807, 2.05) is 19.2 Å². The maximum atomic E-state index is 10.8. The zero-order valence-electron chi connectivity index (χ0n) is 17.0. The van der Waals surface area contributed by atoms with E-state index in [2.05, 4.69) is 60.7 Å². The van der Waals surface area contributed by atoms with Gasteiger partial charge in [0.05, 0.1) is 6.04 Å². The van der Waals surface area contributed by atoms with Crippen molar-refractivity contribution in [1.29, 1.82) is 0 Å². The third kappa shape index (κ3) is 4.39. The Hall–Kier alpha value is -2.73. The number of hydrogen-bond acceptors (Lipinski definition) is 5. The van der Waals surface area contributed by atoms with Crippen molar-refractivity contribution < 1.29 is 14.6 Å². The van der Waals surface area contributed by atoms with E-state index in [4.69, 9.17) is 9.84 Å². The summed E-state index contributed by atoms with van der Waals surface area (Å²) in [6.45, 7) is 6.34. The van der Waals surface area contributed by atoms with Crippen LogP contribution < -0.4 is 20.3 Å².